The number of nitrogens with zero attached hydrogens (tertiary/aromatic N) is 2. The number of benzene rings is 2. The molecule has 0 saturated heterocycles. The van der Waals surface area contributed by atoms with Crippen LogP contribution in [0.15, 0.2) is 60.7 Å². The van der Waals surface area contributed by atoms with Crippen molar-refractivity contribution in [1.82, 2.24) is 0 Å². The zero-order valence-electron chi connectivity index (χ0n) is 12.5. The minimum Gasteiger partial charge on any atom is -1.00 e. The van der Waals surface area contributed by atoms with E-state index in [1.54, 1.807) is 0 Å². The van der Waals surface area contributed by atoms with Gasteiger partial charge in [0.1, 0.15) is 7.05 Å². The van der Waals surface area contributed by atoms with E-state index in [1.807, 2.05) is 0 Å². The minimum atomic E-state index is 0. The van der Waals surface area contributed by atoms with Crippen LogP contribution in [0.2, 0.25) is 0 Å². The Balaban J connectivity index is 0.00000161. The van der Waals surface area contributed by atoms with Gasteiger partial charge in [0.05, 0.1) is 0 Å². The van der Waals surface area contributed by atoms with Gasteiger partial charge >= 0.3 is 0 Å². The van der Waals surface area contributed by atoms with E-state index in [1.165, 1.54) is 27.8 Å². The molecule has 0 bridgehead atoms. The average Bonchev–Trinajstić information content (AvgIpc) is 2.48. The first kappa shape index (κ1) is 15.8. The third-order valence-corrected chi connectivity index (χ3v) is 3.76. The Kier molecular flexibility index (Phi) is 4.83. The molecule has 0 radical (unpaired) electrons. The molecule has 0 aliphatic carbocycles. The van der Waals surface area contributed by atoms with E-state index in [2.05, 4.69) is 91.3 Å². The summed E-state index contributed by atoms with van der Waals surface area (Å²) in [6, 6.07) is 21.5. The second-order valence-corrected chi connectivity index (χ2v) is 5.28. The van der Waals surface area contributed by atoms with Crippen LogP contribution in [0.25, 0.3) is 22.2 Å². The number of anilines is 1. The fourth-order valence-corrected chi connectivity index (χ4v) is 2.56. The van der Waals surface area contributed by atoms with Gasteiger partial charge in [-0.2, -0.15) is 4.57 Å². The SMILES string of the molecule is CN(C)c1ccc(-c2ccc3ccccc3[n+]2C)cc1.[I-]. The van der Waals surface area contributed by atoms with Crippen molar-refractivity contribution < 1.29 is 28.5 Å². The first-order chi connectivity index (χ1) is 9.66. The van der Waals surface area contributed by atoms with Gasteiger partial charge in [0.25, 0.3) is 0 Å². The largest absolute Gasteiger partial charge is 1.00 e. The van der Waals surface area contributed by atoms with Crippen molar-refractivity contribution in [1.29, 1.82) is 0 Å². The molecule has 0 spiro atoms. The van der Waals surface area contributed by atoms with E-state index in [0.717, 1.165) is 0 Å². The molecule has 108 valence electrons. The van der Waals surface area contributed by atoms with Gasteiger partial charge in [-0.05, 0) is 36.4 Å². The van der Waals surface area contributed by atoms with E-state index in [-0.39, 0.29) is 24.0 Å². The molecular weight excluding hydrogens is 371 g/mol. The van der Waals surface area contributed by atoms with Gasteiger partial charge in [-0.25, -0.2) is 0 Å². The van der Waals surface area contributed by atoms with Crippen molar-refractivity contribution in [3.8, 4) is 11.3 Å². The van der Waals surface area contributed by atoms with Crippen LogP contribution in [0.3, 0.4) is 0 Å². The second kappa shape index (κ2) is 6.43. The molecule has 1 aromatic heterocycles. The Morgan fingerprint density at radius 2 is 1.48 bits per heavy atom. The van der Waals surface area contributed by atoms with E-state index < -0.39 is 0 Å². The van der Waals surface area contributed by atoms with Gasteiger partial charge in [-0.1, -0.05) is 12.1 Å². The van der Waals surface area contributed by atoms with Crippen molar-refractivity contribution in [2.24, 2.45) is 7.05 Å². The summed E-state index contributed by atoms with van der Waals surface area (Å²) in [6.45, 7) is 0. The van der Waals surface area contributed by atoms with E-state index >= 15 is 0 Å². The lowest BCUT2D eigenvalue weighted by Crippen LogP contribution is -3.00. The lowest BCUT2D eigenvalue weighted by Gasteiger charge is -2.12. The second-order valence-electron chi connectivity index (χ2n) is 5.28. The number of pyridine rings is 1. The van der Waals surface area contributed by atoms with Gasteiger partial charge in [0.2, 0.25) is 11.2 Å². The Morgan fingerprint density at radius 3 is 2.14 bits per heavy atom. The molecule has 2 nitrogen and oxygen atoms in total. The van der Waals surface area contributed by atoms with Crippen LogP contribution in [0.5, 0.6) is 0 Å². The zero-order valence-corrected chi connectivity index (χ0v) is 14.7. The summed E-state index contributed by atoms with van der Waals surface area (Å²) in [5.41, 5.74) is 4.94. The fourth-order valence-electron chi connectivity index (χ4n) is 2.56. The molecule has 0 saturated carbocycles. The normalized spacial score (nSPS) is 10.2. The van der Waals surface area contributed by atoms with E-state index in [4.69, 9.17) is 0 Å². The predicted molar refractivity (Wildman–Crippen MR) is 84.9 cm³/mol. The molecule has 3 rings (SSSR count). The highest BCUT2D eigenvalue weighted by Gasteiger charge is 2.13. The molecule has 1 heterocycles. The molecule has 2 aromatic carbocycles. The quantitative estimate of drug-likeness (QED) is 0.454. The topological polar surface area (TPSA) is 7.12 Å². The summed E-state index contributed by atoms with van der Waals surface area (Å²) in [7, 11) is 6.24. The molecule has 3 aromatic rings. The molecule has 21 heavy (non-hydrogen) atoms. The zero-order chi connectivity index (χ0) is 14.1. The molecule has 0 fully saturated rings. The van der Waals surface area contributed by atoms with Crippen molar-refractivity contribution in [2.45, 2.75) is 0 Å². The van der Waals surface area contributed by atoms with Crippen LogP contribution in [-0.4, -0.2) is 14.1 Å². The van der Waals surface area contributed by atoms with Gasteiger partial charge in [-0.3, -0.25) is 0 Å². The molecule has 0 aliphatic rings. The van der Waals surface area contributed by atoms with E-state index in [9.17, 15) is 0 Å². The summed E-state index contributed by atoms with van der Waals surface area (Å²) in [5.74, 6) is 0. The Bertz CT molecular complexity index is 749. The van der Waals surface area contributed by atoms with Crippen molar-refractivity contribution in [3.05, 3.63) is 60.7 Å². The molecule has 0 aliphatic heterocycles. The Labute approximate surface area is 143 Å². The Hall–Kier alpha value is -1.62. The highest BCUT2D eigenvalue weighted by Crippen LogP contribution is 2.21. The van der Waals surface area contributed by atoms with Gasteiger partial charge < -0.3 is 28.9 Å². The lowest BCUT2D eigenvalue weighted by atomic mass is 10.1. The maximum atomic E-state index is 2.25. The summed E-state index contributed by atoms with van der Waals surface area (Å²) in [6.07, 6.45) is 0. The number of aryl methyl sites for hydroxylation is 1. The first-order valence-corrected chi connectivity index (χ1v) is 6.82. The highest BCUT2D eigenvalue weighted by atomic mass is 127. The molecular formula is C18H19IN2. The highest BCUT2D eigenvalue weighted by molar-refractivity contribution is 5.77. The number of aromatic nitrogens is 1. The van der Waals surface area contributed by atoms with Crippen LogP contribution >= 0.6 is 0 Å². The smallest absolute Gasteiger partial charge is 0.212 e. The van der Waals surface area contributed by atoms with Crippen LogP contribution < -0.4 is 33.4 Å². The van der Waals surface area contributed by atoms with Crippen LogP contribution in [-0.2, 0) is 7.05 Å². The number of hydrogen-bond acceptors (Lipinski definition) is 1. The molecule has 0 N–H and O–H groups in total. The summed E-state index contributed by atoms with van der Waals surface area (Å²) >= 11 is 0. The van der Waals surface area contributed by atoms with Gasteiger partial charge in [0.15, 0.2) is 0 Å². The lowest BCUT2D eigenvalue weighted by molar-refractivity contribution is -0.633. The van der Waals surface area contributed by atoms with Crippen molar-refractivity contribution in [3.63, 3.8) is 0 Å². The fraction of sp³-hybridized carbons (Fsp3) is 0.167. The van der Waals surface area contributed by atoms with Gasteiger partial charge in [0, 0.05) is 42.9 Å². The number of halogens is 1. The molecule has 3 heteroatoms. The third kappa shape index (κ3) is 3.02. The van der Waals surface area contributed by atoms with Crippen LogP contribution in [0, 0.1) is 0 Å². The number of hydrogen-bond donors (Lipinski definition) is 0. The average molecular weight is 390 g/mol. The first-order valence-electron chi connectivity index (χ1n) is 6.82. The van der Waals surface area contributed by atoms with Crippen molar-refractivity contribution in [2.75, 3.05) is 19.0 Å². The number of fused-ring (bicyclic) bond motifs is 1. The maximum absolute atomic E-state index is 2.25. The number of para-hydroxylation sites is 1. The molecule has 0 amide bonds. The standard InChI is InChI=1S/C18H19N2.HI/c1-19(2)16-11-8-15(9-12-16)18-13-10-14-6-4-5-7-17(14)20(18)3;/h4-13H,1-3H3;1H/q+1;/p-1. The molecule has 0 unspecified atom stereocenters. The summed E-state index contributed by atoms with van der Waals surface area (Å²) in [5, 5.41) is 1.27. The molecule has 0 atom stereocenters. The predicted octanol–water partition coefficient (Wildman–Crippen LogP) is 0.401. The van der Waals surface area contributed by atoms with Gasteiger partial charge in [-0.15, -0.1) is 0 Å². The third-order valence-electron chi connectivity index (χ3n) is 3.76. The Morgan fingerprint density at radius 1 is 0.810 bits per heavy atom. The van der Waals surface area contributed by atoms with Crippen molar-refractivity contribution >= 4 is 16.6 Å². The van der Waals surface area contributed by atoms with Crippen LogP contribution in [0.4, 0.5) is 5.69 Å². The summed E-state index contributed by atoms with van der Waals surface area (Å²) < 4.78 is 2.25. The summed E-state index contributed by atoms with van der Waals surface area (Å²) in [4.78, 5) is 2.12. The van der Waals surface area contributed by atoms with E-state index in [0.29, 0.717) is 0 Å². The minimum absolute atomic E-state index is 0. The maximum Gasteiger partial charge on any atom is 0.212 e. The monoisotopic (exact) mass is 390 g/mol. The number of rotatable bonds is 2. The van der Waals surface area contributed by atoms with Crippen LogP contribution in [0.1, 0.15) is 0 Å².